The number of allylic oxidation sites excluding steroid dienone is 4. The highest BCUT2D eigenvalue weighted by Gasteiger charge is 2.57. The monoisotopic (exact) mass is 412 g/mol. The smallest absolute Gasteiger partial charge is 0.159 e. The lowest BCUT2D eigenvalue weighted by Gasteiger charge is -2.54. The first kappa shape index (κ1) is 22.3. The summed E-state index contributed by atoms with van der Waals surface area (Å²) in [5.74, 6) is 3.81. The molecule has 0 aromatic carbocycles. The van der Waals surface area contributed by atoms with Crippen molar-refractivity contribution in [2.24, 2.45) is 46.3 Å². The lowest BCUT2D eigenvalue weighted by atomic mass is 9.50. The molecule has 0 radical (unpaired) electrons. The van der Waals surface area contributed by atoms with Gasteiger partial charge in [-0.25, -0.2) is 0 Å². The zero-order valence-electron chi connectivity index (χ0n) is 20.2. The lowest BCUT2D eigenvalue weighted by Crippen LogP contribution is -2.48. The van der Waals surface area contributed by atoms with Crippen molar-refractivity contribution in [2.75, 3.05) is 0 Å². The van der Waals surface area contributed by atoms with E-state index in [1.807, 2.05) is 0 Å². The molecule has 0 spiro atoms. The summed E-state index contributed by atoms with van der Waals surface area (Å²) in [5.41, 5.74) is 3.18. The van der Waals surface area contributed by atoms with Crippen LogP contribution in [0.1, 0.15) is 92.9 Å². The zero-order valence-corrected chi connectivity index (χ0v) is 20.2. The molecule has 4 aliphatic rings. The third-order valence-electron chi connectivity index (χ3n) is 10.3. The Bertz CT molecular complexity index is 746. The summed E-state index contributed by atoms with van der Waals surface area (Å²) in [6, 6.07) is 0. The van der Waals surface area contributed by atoms with Crippen LogP contribution >= 0.6 is 0 Å². The maximum Gasteiger partial charge on any atom is 0.159 e. The van der Waals surface area contributed by atoms with E-state index in [-0.39, 0.29) is 16.9 Å². The highest BCUT2D eigenvalue weighted by Crippen LogP contribution is 2.65. The number of rotatable bonds is 4. The summed E-state index contributed by atoms with van der Waals surface area (Å²) in [4.78, 5) is 13.4. The Labute approximate surface area is 184 Å². The molecule has 2 heteroatoms. The number of fused-ring (bicyclic) bond motifs is 4. The highest BCUT2D eigenvalue weighted by molar-refractivity contribution is 5.98. The molecule has 8 atom stereocenters. The van der Waals surface area contributed by atoms with E-state index in [1.54, 1.807) is 0 Å². The molecule has 0 amide bonds. The van der Waals surface area contributed by atoms with Gasteiger partial charge in [0.1, 0.15) is 0 Å². The highest BCUT2D eigenvalue weighted by atomic mass is 16.3. The van der Waals surface area contributed by atoms with Crippen molar-refractivity contribution in [1.29, 1.82) is 0 Å². The number of Topliss-reactive ketones (excluding diaryl/α,β-unsaturated/α-hetero) is 1. The summed E-state index contributed by atoms with van der Waals surface area (Å²) >= 11 is 0. The number of ketones is 1. The standard InChI is InChI=1S/C28H44O2/c1-17(2)18(3)7-8-19(4)22-9-10-23-26-24(12-14-28(22,23)6)27(5)13-11-21(29)15-20(27)16-25(26)30/h7-8,17-23,29H,9-16H2,1-6H3/b8-7+/t18-,19+,20+,21-,22-,23+,27-,28+/m0/s1. The molecule has 0 saturated heterocycles. The van der Waals surface area contributed by atoms with Gasteiger partial charge in [0.15, 0.2) is 5.78 Å². The Morgan fingerprint density at radius 3 is 2.47 bits per heavy atom. The molecular formula is C28H44O2. The van der Waals surface area contributed by atoms with E-state index < -0.39 is 0 Å². The Kier molecular flexibility index (Phi) is 5.88. The van der Waals surface area contributed by atoms with Crippen LogP contribution in [0, 0.1) is 46.3 Å². The molecule has 1 N–H and O–H groups in total. The lowest BCUT2D eigenvalue weighted by molar-refractivity contribution is -0.121. The van der Waals surface area contributed by atoms with Crippen molar-refractivity contribution in [3.05, 3.63) is 23.3 Å². The number of hydrogen-bond acceptors (Lipinski definition) is 2. The van der Waals surface area contributed by atoms with Gasteiger partial charge in [0, 0.05) is 6.42 Å². The van der Waals surface area contributed by atoms with Crippen LogP contribution in [0.3, 0.4) is 0 Å². The number of aliphatic hydroxyl groups excluding tert-OH is 1. The van der Waals surface area contributed by atoms with E-state index in [9.17, 15) is 9.90 Å². The molecule has 0 unspecified atom stereocenters. The van der Waals surface area contributed by atoms with Crippen LogP contribution < -0.4 is 0 Å². The summed E-state index contributed by atoms with van der Waals surface area (Å²) < 4.78 is 0. The molecule has 0 bridgehead atoms. The van der Waals surface area contributed by atoms with Crippen molar-refractivity contribution in [3.8, 4) is 0 Å². The van der Waals surface area contributed by atoms with Crippen molar-refractivity contribution in [1.82, 2.24) is 0 Å². The number of carbonyl (C=O) groups is 1. The van der Waals surface area contributed by atoms with Crippen molar-refractivity contribution < 1.29 is 9.90 Å². The average Bonchev–Trinajstić information content (AvgIpc) is 3.04. The summed E-state index contributed by atoms with van der Waals surface area (Å²) in [6.45, 7) is 14.3. The molecule has 4 aliphatic carbocycles. The normalized spacial score (nSPS) is 43.5. The van der Waals surface area contributed by atoms with Gasteiger partial charge in [0.05, 0.1) is 6.10 Å². The quantitative estimate of drug-likeness (QED) is 0.520. The van der Waals surface area contributed by atoms with Crippen LogP contribution in [0.4, 0.5) is 0 Å². The third-order valence-corrected chi connectivity index (χ3v) is 10.3. The second-order valence-corrected chi connectivity index (χ2v) is 12.2. The first-order valence-electron chi connectivity index (χ1n) is 12.7. The van der Waals surface area contributed by atoms with Crippen LogP contribution in [0.2, 0.25) is 0 Å². The fourth-order valence-electron chi connectivity index (χ4n) is 7.78. The molecule has 0 aliphatic heterocycles. The summed E-state index contributed by atoms with van der Waals surface area (Å²) in [5, 5.41) is 10.2. The van der Waals surface area contributed by atoms with Gasteiger partial charge in [-0.1, -0.05) is 59.3 Å². The number of hydrogen-bond donors (Lipinski definition) is 1. The van der Waals surface area contributed by atoms with E-state index in [1.165, 1.54) is 30.4 Å². The van der Waals surface area contributed by atoms with Gasteiger partial charge in [0.2, 0.25) is 0 Å². The predicted molar refractivity (Wildman–Crippen MR) is 124 cm³/mol. The van der Waals surface area contributed by atoms with Gasteiger partial charge < -0.3 is 5.11 Å². The molecule has 2 fully saturated rings. The minimum atomic E-state index is -0.205. The van der Waals surface area contributed by atoms with E-state index in [4.69, 9.17) is 0 Å². The molecule has 168 valence electrons. The molecule has 2 nitrogen and oxygen atoms in total. The number of carbonyl (C=O) groups excluding carboxylic acids is 1. The minimum absolute atomic E-state index is 0.153. The second-order valence-electron chi connectivity index (χ2n) is 12.2. The van der Waals surface area contributed by atoms with Gasteiger partial charge in [-0.3, -0.25) is 4.79 Å². The van der Waals surface area contributed by atoms with E-state index in [2.05, 4.69) is 53.7 Å². The van der Waals surface area contributed by atoms with Crippen LogP contribution in [-0.4, -0.2) is 17.0 Å². The topological polar surface area (TPSA) is 37.3 Å². The molecule has 0 aromatic rings. The van der Waals surface area contributed by atoms with E-state index in [0.29, 0.717) is 47.7 Å². The third kappa shape index (κ3) is 3.46. The van der Waals surface area contributed by atoms with Crippen LogP contribution in [0.5, 0.6) is 0 Å². The summed E-state index contributed by atoms with van der Waals surface area (Å²) in [7, 11) is 0. The first-order chi connectivity index (χ1) is 14.1. The fourth-order valence-corrected chi connectivity index (χ4v) is 7.78. The van der Waals surface area contributed by atoms with Crippen molar-refractivity contribution >= 4 is 5.78 Å². The average molecular weight is 413 g/mol. The number of aliphatic hydroxyl groups is 1. The molecular weight excluding hydrogens is 368 g/mol. The van der Waals surface area contributed by atoms with Gasteiger partial charge in [-0.05, 0) is 96.9 Å². The zero-order chi connectivity index (χ0) is 21.8. The van der Waals surface area contributed by atoms with Crippen molar-refractivity contribution in [3.63, 3.8) is 0 Å². The van der Waals surface area contributed by atoms with E-state index >= 15 is 0 Å². The first-order valence-corrected chi connectivity index (χ1v) is 12.7. The van der Waals surface area contributed by atoms with Crippen LogP contribution in [0.25, 0.3) is 0 Å². The van der Waals surface area contributed by atoms with Gasteiger partial charge in [0.25, 0.3) is 0 Å². The van der Waals surface area contributed by atoms with Crippen LogP contribution in [0.15, 0.2) is 23.3 Å². The molecule has 2 saturated carbocycles. The Morgan fingerprint density at radius 2 is 1.77 bits per heavy atom. The maximum atomic E-state index is 13.4. The van der Waals surface area contributed by atoms with E-state index in [0.717, 1.165) is 25.7 Å². The largest absolute Gasteiger partial charge is 0.393 e. The van der Waals surface area contributed by atoms with Crippen molar-refractivity contribution in [2.45, 2.75) is 99.0 Å². The molecule has 30 heavy (non-hydrogen) atoms. The predicted octanol–water partition coefficient (Wildman–Crippen LogP) is 6.73. The summed E-state index contributed by atoms with van der Waals surface area (Å²) in [6.07, 6.45) is 12.9. The molecule has 4 rings (SSSR count). The van der Waals surface area contributed by atoms with Gasteiger partial charge in [-0.15, -0.1) is 0 Å². The fraction of sp³-hybridized carbons (Fsp3) is 0.821. The molecule has 0 heterocycles. The molecule has 0 aromatic heterocycles. The van der Waals surface area contributed by atoms with Gasteiger partial charge in [-0.2, -0.15) is 0 Å². The van der Waals surface area contributed by atoms with Gasteiger partial charge >= 0.3 is 0 Å². The van der Waals surface area contributed by atoms with Crippen LogP contribution in [-0.2, 0) is 4.79 Å². The second kappa shape index (κ2) is 7.91. The Balaban J connectivity index is 1.62. The Hall–Kier alpha value is -0.890. The SMILES string of the molecule is CC(C)[C@@H](C)/C=C/[C@@H](C)[C@@H]1CC[C@@H]2C3=C(CC[C@@]21C)[C@@]1(C)CC[C@H](O)C[C@@H]1CC3=O. The Morgan fingerprint density at radius 1 is 1.03 bits per heavy atom. The maximum absolute atomic E-state index is 13.4. The minimum Gasteiger partial charge on any atom is -0.393 e.